The lowest BCUT2D eigenvalue weighted by atomic mass is 10.0. The highest BCUT2D eigenvalue weighted by atomic mass is 35.5. The van der Waals surface area contributed by atoms with Gasteiger partial charge in [-0.3, -0.25) is 4.79 Å². The van der Waals surface area contributed by atoms with Crippen molar-refractivity contribution in [3.63, 3.8) is 0 Å². The van der Waals surface area contributed by atoms with Gasteiger partial charge in [-0.15, -0.1) is 11.6 Å². The molecule has 0 fully saturated rings. The van der Waals surface area contributed by atoms with Crippen LogP contribution in [0.5, 0.6) is 0 Å². The minimum absolute atomic E-state index is 0.0734. The summed E-state index contributed by atoms with van der Waals surface area (Å²) in [5.74, 6) is 1.54. The average Bonchev–Trinajstić information content (AvgIpc) is 2.34. The van der Waals surface area contributed by atoms with E-state index in [-0.39, 0.29) is 11.1 Å². The normalized spacial score (nSPS) is 13.3. The van der Waals surface area contributed by atoms with Crippen LogP contribution in [0.15, 0.2) is 17.2 Å². The standard InChI is InChI=1S/C14H24ClN3O/c1-5-11(6-7-15)10-17-12-13(19)18(9-8-16-12)14(2,3)4/h8-9,11H,5-7,10H2,1-4H3,(H,16,17). The number of alkyl halides is 1. The first-order chi connectivity index (χ1) is 8.90. The molecule has 1 N–H and O–H groups in total. The lowest BCUT2D eigenvalue weighted by molar-refractivity contribution is 0.383. The average molecular weight is 286 g/mol. The van der Waals surface area contributed by atoms with E-state index in [1.165, 1.54) is 0 Å². The summed E-state index contributed by atoms with van der Waals surface area (Å²) in [6, 6.07) is 0. The number of rotatable bonds is 6. The Morgan fingerprint density at radius 1 is 1.47 bits per heavy atom. The Morgan fingerprint density at radius 3 is 2.68 bits per heavy atom. The summed E-state index contributed by atoms with van der Waals surface area (Å²) in [5, 5.41) is 3.16. The summed E-state index contributed by atoms with van der Waals surface area (Å²) >= 11 is 5.76. The number of nitrogens with zero attached hydrogens (tertiary/aromatic N) is 2. The van der Waals surface area contributed by atoms with Crippen molar-refractivity contribution < 1.29 is 0 Å². The van der Waals surface area contributed by atoms with Gasteiger partial charge in [-0.05, 0) is 33.1 Å². The lowest BCUT2D eigenvalue weighted by Gasteiger charge is -2.23. The zero-order valence-electron chi connectivity index (χ0n) is 12.2. The van der Waals surface area contributed by atoms with E-state index in [2.05, 4.69) is 17.2 Å². The number of nitrogens with one attached hydrogen (secondary N) is 1. The molecule has 0 aliphatic heterocycles. The molecular formula is C14H24ClN3O. The van der Waals surface area contributed by atoms with Crippen molar-refractivity contribution in [2.75, 3.05) is 17.7 Å². The second-order valence-electron chi connectivity index (χ2n) is 5.75. The Kier molecular flexibility index (Phi) is 5.85. The molecule has 0 amide bonds. The molecule has 0 aliphatic rings. The molecule has 0 saturated heterocycles. The van der Waals surface area contributed by atoms with Crippen LogP contribution in [-0.4, -0.2) is 22.0 Å². The Bertz CT molecular complexity index is 451. The van der Waals surface area contributed by atoms with Crippen LogP contribution in [-0.2, 0) is 5.54 Å². The lowest BCUT2D eigenvalue weighted by Crippen LogP contribution is -2.35. The van der Waals surface area contributed by atoms with Crippen LogP contribution in [0.25, 0.3) is 0 Å². The SMILES string of the molecule is CCC(CCCl)CNc1nccn(C(C)(C)C)c1=O. The summed E-state index contributed by atoms with van der Waals surface area (Å²) in [4.78, 5) is 16.4. The quantitative estimate of drug-likeness (QED) is 0.817. The maximum absolute atomic E-state index is 12.3. The first-order valence-corrected chi connectivity index (χ1v) is 7.31. The highest BCUT2D eigenvalue weighted by Crippen LogP contribution is 2.12. The van der Waals surface area contributed by atoms with Crippen LogP contribution >= 0.6 is 11.6 Å². The van der Waals surface area contributed by atoms with Crippen LogP contribution in [0.3, 0.4) is 0 Å². The van der Waals surface area contributed by atoms with Crippen LogP contribution in [0.2, 0.25) is 0 Å². The molecule has 0 spiro atoms. The topological polar surface area (TPSA) is 46.9 Å². The second-order valence-corrected chi connectivity index (χ2v) is 6.13. The Balaban J connectivity index is 2.83. The smallest absolute Gasteiger partial charge is 0.293 e. The van der Waals surface area contributed by atoms with E-state index >= 15 is 0 Å². The molecular weight excluding hydrogens is 262 g/mol. The summed E-state index contributed by atoms with van der Waals surface area (Å²) in [6.45, 7) is 8.87. The third-order valence-corrected chi connectivity index (χ3v) is 3.43. The second kappa shape index (κ2) is 6.94. The molecule has 1 atom stereocenters. The molecule has 1 unspecified atom stereocenters. The van der Waals surface area contributed by atoms with Crippen LogP contribution in [0.4, 0.5) is 5.82 Å². The summed E-state index contributed by atoms with van der Waals surface area (Å²) < 4.78 is 1.70. The van der Waals surface area contributed by atoms with Gasteiger partial charge in [0.15, 0.2) is 5.82 Å². The zero-order valence-corrected chi connectivity index (χ0v) is 13.0. The van der Waals surface area contributed by atoms with Gasteiger partial charge >= 0.3 is 0 Å². The minimum atomic E-state index is -0.239. The van der Waals surface area contributed by atoms with Crippen molar-refractivity contribution in [1.29, 1.82) is 0 Å². The van der Waals surface area contributed by atoms with Crippen molar-refractivity contribution in [2.24, 2.45) is 5.92 Å². The molecule has 0 radical (unpaired) electrons. The van der Waals surface area contributed by atoms with E-state index in [1.807, 2.05) is 20.8 Å². The molecule has 5 heteroatoms. The highest BCUT2D eigenvalue weighted by Gasteiger charge is 2.17. The monoisotopic (exact) mass is 285 g/mol. The fourth-order valence-corrected chi connectivity index (χ4v) is 2.22. The fourth-order valence-electron chi connectivity index (χ4n) is 1.91. The first kappa shape index (κ1) is 16.0. The number of hydrogen-bond donors (Lipinski definition) is 1. The van der Waals surface area contributed by atoms with Crippen LogP contribution < -0.4 is 10.9 Å². The Labute approximate surface area is 120 Å². The van der Waals surface area contributed by atoms with Crippen molar-refractivity contribution in [1.82, 2.24) is 9.55 Å². The molecule has 0 aliphatic carbocycles. The molecule has 1 heterocycles. The van der Waals surface area contributed by atoms with Gasteiger partial charge < -0.3 is 9.88 Å². The molecule has 0 saturated carbocycles. The zero-order chi connectivity index (χ0) is 14.5. The van der Waals surface area contributed by atoms with Gasteiger partial charge in [-0.1, -0.05) is 13.3 Å². The Morgan fingerprint density at radius 2 is 2.16 bits per heavy atom. The summed E-state index contributed by atoms with van der Waals surface area (Å²) in [6.07, 6.45) is 5.38. The van der Waals surface area contributed by atoms with Gasteiger partial charge in [-0.2, -0.15) is 0 Å². The van der Waals surface area contributed by atoms with E-state index in [4.69, 9.17) is 11.6 Å². The number of anilines is 1. The van der Waals surface area contributed by atoms with Gasteiger partial charge in [0.1, 0.15) is 0 Å². The molecule has 19 heavy (non-hydrogen) atoms. The molecule has 108 valence electrons. The molecule has 1 aromatic rings. The van der Waals surface area contributed by atoms with E-state index in [0.29, 0.717) is 17.6 Å². The first-order valence-electron chi connectivity index (χ1n) is 6.78. The van der Waals surface area contributed by atoms with Crippen LogP contribution in [0, 0.1) is 5.92 Å². The van der Waals surface area contributed by atoms with Crippen molar-refractivity contribution >= 4 is 17.4 Å². The third-order valence-electron chi connectivity index (χ3n) is 3.22. The maximum atomic E-state index is 12.3. The molecule has 4 nitrogen and oxygen atoms in total. The number of halogens is 1. The summed E-state index contributed by atoms with van der Waals surface area (Å²) in [5.41, 5.74) is -0.313. The maximum Gasteiger partial charge on any atom is 0.293 e. The largest absolute Gasteiger partial charge is 0.365 e. The molecule has 0 bridgehead atoms. The van der Waals surface area contributed by atoms with Crippen molar-refractivity contribution in [3.8, 4) is 0 Å². The van der Waals surface area contributed by atoms with E-state index in [1.54, 1.807) is 17.0 Å². The summed E-state index contributed by atoms with van der Waals surface area (Å²) in [7, 11) is 0. The van der Waals surface area contributed by atoms with E-state index in [0.717, 1.165) is 19.4 Å². The molecule has 1 aromatic heterocycles. The predicted octanol–water partition coefficient (Wildman–Crippen LogP) is 3.07. The van der Waals surface area contributed by atoms with E-state index < -0.39 is 0 Å². The number of aromatic nitrogens is 2. The molecule has 1 rings (SSSR count). The van der Waals surface area contributed by atoms with Crippen molar-refractivity contribution in [3.05, 3.63) is 22.7 Å². The van der Waals surface area contributed by atoms with E-state index in [9.17, 15) is 4.79 Å². The molecule has 0 aromatic carbocycles. The third kappa shape index (κ3) is 4.53. The van der Waals surface area contributed by atoms with Gasteiger partial charge in [0, 0.05) is 30.4 Å². The van der Waals surface area contributed by atoms with Gasteiger partial charge in [0.2, 0.25) is 0 Å². The van der Waals surface area contributed by atoms with Gasteiger partial charge in [0.25, 0.3) is 5.56 Å². The van der Waals surface area contributed by atoms with Gasteiger partial charge in [0.05, 0.1) is 0 Å². The predicted molar refractivity (Wildman–Crippen MR) is 81.1 cm³/mol. The van der Waals surface area contributed by atoms with Crippen LogP contribution in [0.1, 0.15) is 40.5 Å². The minimum Gasteiger partial charge on any atom is -0.365 e. The van der Waals surface area contributed by atoms with Gasteiger partial charge in [-0.25, -0.2) is 4.98 Å². The van der Waals surface area contributed by atoms with Crippen molar-refractivity contribution in [2.45, 2.75) is 46.1 Å². The fraction of sp³-hybridized carbons (Fsp3) is 0.714. The Hall–Kier alpha value is -1.03. The number of hydrogen-bond acceptors (Lipinski definition) is 3. The highest BCUT2D eigenvalue weighted by molar-refractivity contribution is 6.17.